The Hall–Kier alpha value is -2.84. The lowest BCUT2D eigenvalue weighted by Crippen LogP contribution is -2.36. The minimum Gasteiger partial charge on any atom is -0.497 e. The van der Waals surface area contributed by atoms with Crippen molar-refractivity contribution in [1.82, 2.24) is 4.98 Å². The molecule has 0 saturated carbocycles. The van der Waals surface area contributed by atoms with Crippen molar-refractivity contribution in [2.45, 2.75) is 16.3 Å². The fraction of sp³-hybridized carbons (Fsp3) is 0.286. The van der Waals surface area contributed by atoms with Crippen molar-refractivity contribution in [3.8, 4) is 5.75 Å². The molecule has 1 aliphatic rings. The molecule has 7 nitrogen and oxygen atoms in total. The highest BCUT2D eigenvalue weighted by molar-refractivity contribution is 7.91. The number of oxazole rings is 1. The van der Waals surface area contributed by atoms with Crippen LogP contribution in [0.2, 0.25) is 0 Å². The highest BCUT2D eigenvalue weighted by Crippen LogP contribution is 2.32. The first kappa shape index (κ1) is 19.5. The van der Waals surface area contributed by atoms with Gasteiger partial charge in [0.1, 0.15) is 5.75 Å². The molecule has 0 amide bonds. The SMILES string of the molecule is COc1ccc(Cc2nc(S(=O)(=O)c3ccccc3)c(N3CCOCC3)o2)cc1. The maximum absolute atomic E-state index is 13.2. The minimum absolute atomic E-state index is 0.0471. The van der Waals surface area contributed by atoms with Crippen LogP contribution in [0, 0.1) is 0 Å². The molecular weight excluding hydrogens is 392 g/mol. The molecule has 0 atom stereocenters. The van der Waals surface area contributed by atoms with Crippen LogP contribution in [0.15, 0.2) is 68.9 Å². The molecule has 8 heteroatoms. The van der Waals surface area contributed by atoms with Crippen LogP contribution in [-0.4, -0.2) is 46.8 Å². The number of hydrogen-bond donors (Lipinski definition) is 0. The average Bonchev–Trinajstić information content (AvgIpc) is 3.20. The van der Waals surface area contributed by atoms with Crippen LogP contribution in [-0.2, 0) is 21.0 Å². The van der Waals surface area contributed by atoms with Gasteiger partial charge in [-0.25, -0.2) is 8.42 Å². The van der Waals surface area contributed by atoms with Crippen molar-refractivity contribution < 1.29 is 22.3 Å². The highest BCUT2D eigenvalue weighted by atomic mass is 32.2. The summed E-state index contributed by atoms with van der Waals surface area (Å²) in [6, 6.07) is 15.8. The fourth-order valence-electron chi connectivity index (χ4n) is 3.19. The Morgan fingerprint density at radius 3 is 2.38 bits per heavy atom. The van der Waals surface area contributed by atoms with Crippen molar-refractivity contribution in [3.63, 3.8) is 0 Å². The predicted molar refractivity (Wildman–Crippen MR) is 107 cm³/mol. The van der Waals surface area contributed by atoms with Crippen LogP contribution in [0.25, 0.3) is 0 Å². The van der Waals surface area contributed by atoms with Gasteiger partial charge in [0, 0.05) is 19.5 Å². The van der Waals surface area contributed by atoms with Gasteiger partial charge >= 0.3 is 0 Å². The standard InChI is InChI=1S/C21H22N2O5S/c1-26-17-9-7-16(8-10-17)15-19-22-20(21(28-19)23-11-13-27-14-12-23)29(24,25)18-5-3-2-4-6-18/h2-10H,11-15H2,1H3. The number of aromatic nitrogens is 1. The minimum atomic E-state index is -3.81. The van der Waals surface area contributed by atoms with Gasteiger partial charge in [-0.3, -0.25) is 0 Å². The monoisotopic (exact) mass is 414 g/mol. The molecule has 3 aromatic rings. The lowest BCUT2D eigenvalue weighted by Gasteiger charge is -2.26. The number of methoxy groups -OCH3 is 1. The van der Waals surface area contributed by atoms with E-state index in [2.05, 4.69) is 4.98 Å². The molecule has 0 radical (unpaired) electrons. The van der Waals surface area contributed by atoms with Gasteiger partial charge in [0.05, 0.1) is 25.2 Å². The van der Waals surface area contributed by atoms with E-state index in [9.17, 15) is 8.42 Å². The van der Waals surface area contributed by atoms with Gasteiger partial charge in [-0.1, -0.05) is 30.3 Å². The maximum atomic E-state index is 13.2. The zero-order valence-electron chi connectivity index (χ0n) is 16.1. The molecule has 0 unspecified atom stereocenters. The van der Waals surface area contributed by atoms with Crippen molar-refractivity contribution >= 4 is 15.7 Å². The first-order chi connectivity index (χ1) is 14.1. The van der Waals surface area contributed by atoms with Gasteiger partial charge in [-0.05, 0) is 29.8 Å². The zero-order chi connectivity index (χ0) is 20.3. The van der Waals surface area contributed by atoms with Gasteiger partial charge < -0.3 is 18.8 Å². The number of hydrogen-bond acceptors (Lipinski definition) is 7. The van der Waals surface area contributed by atoms with Gasteiger partial charge in [0.25, 0.3) is 0 Å². The maximum Gasteiger partial charge on any atom is 0.236 e. The summed E-state index contributed by atoms with van der Waals surface area (Å²) < 4.78 is 43.0. The van der Waals surface area contributed by atoms with Crippen molar-refractivity contribution in [3.05, 3.63) is 66.1 Å². The molecule has 1 saturated heterocycles. The lowest BCUT2D eigenvalue weighted by atomic mass is 10.1. The van der Waals surface area contributed by atoms with Crippen LogP contribution in [0.4, 0.5) is 5.88 Å². The molecule has 152 valence electrons. The summed E-state index contributed by atoms with van der Waals surface area (Å²) in [5.74, 6) is 1.38. The Bertz CT molecular complexity index is 1060. The van der Waals surface area contributed by atoms with Gasteiger partial charge in [-0.15, -0.1) is 0 Å². The Kier molecular flexibility index (Phi) is 5.55. The van der Waals surface area contributed by atoms with E-state index < -0.39 is 9.84 Å². The topological polar surface area (TPSA) is 81.9 Å². The summed E-state index contributed by atoms with van der Waals surface area (Å²) in [6.07, 6.45) is 0.381. The summed E-state index contributed by atoms with van der Waals surface area (Å²) in [4.78, 5) is 6.48. The number of rotatable bonds is 6. The predicted octanol–water partition coefficient (Wildman–Crippen LogP) is 2.94. The Labute approximate surface area is 169 Å². The summed E-state index contributed by atoms with van der Waals surface area (Å²) >= 11 is 0. The molecule has 1 fully saturated rings. The van der Waals surface area contributed by atoms with Gasteiger partial charge in [0.2, 0.25) is 26.6 Å². The van der Waals surface area contributed by atoms with Crippen molar-refractivity contribution in [1.29, 1.82) is 0 Å². The van der Waals surface area contributed by atoms with Crippen LogP contribution in [0.3, 0.4) is 0 Å². The summed E-state index contributed by atoms with van der Waals surface area (Å²) in [6.45, 7) is 2.13. The molecule has 1 aromatic heterocycles. The number of morpholine rings is 1. The summed E-state index contributed by atoms with van der Waals surface area (Å²) in [5.41, 5.74) is 0.948. The second kappa shape index (κ2) is 8.26. The largest absolute Gasteiger partial charge is 0.497 e. The number of benzene rings is 2. The number of anilines is 1. The second-order valence-electron chi connectivity index (χ2n) is 6.66. The molecule has 0 bridgehead atoms. The summed E-state index contributed by atoms with van der Waals surface area (Å²) in [5, 5.41) is -0.0471. The first-order valence-corrected chi connectivity index (χ1v) is 10.8. The normalized spacial score (nSPS) is 14.7. The first-order valence-electron chi connectivity index (χ1n) is 9.33. The third kappa shape index (κ3) is 4.13. The van der Waals surface area contributed by atoms with Crippen LogP contribution < -0.4 is 9.64 Å². The number of nitrogens with zero attached hydrogens (tertiary/aromatic N) is 2. The van der Waals surface area contributed by atoms with E-state index in [-0.39, 0.29) is 15.8 Å². The van der Waals surface area contributed by atoms with Gasteiger partial charge in [-0.2, -0.15) is 4.98 Å². The molecule has 29 heavy (non-hydrogen) atoms. The number of ether oxygens (including phenoxy) is 2. The Morgan fingerprint density at radius 1 is 1.03 bits per heavy atom. The molecule has 0 N–H and O–H groups in total. The highest BCUT2D eigenvalue weighted by Gasteiger charge is 2.31. The van der Waals surface area contributed by atoms with E-state index in [0.29, 0.717) is 38.6 Å². The van der Waals surface area contributed by atoms with Crippen molar-refractivity contribution in [2.75, 3.05) is 38.3 Å². The van der Waals surface area contributed by atoms with Crippen LogP contribution in [0.5, 0.6) is 5.75 Å². The van der Waals surface area contributed by atoms with E-state index in [1.165, 1.54) is 0 Å². The third-order valence-electron chi connectivity index (χ3n) is 4.74. The molecule has 2 heterocycles. The molecule has 0 aliphatic carbocycles. The quantitative estimate of drug-likeness (QED) is 0.613. The molecule has 0 spiro atoms. The van der Waals surface area contributed by atoms with E-state index in [0.717, 1.165) is 11.3 Å². The van der Waals surface area contributed by atoms with E-state index in [4.69, 9.17) is 13.9 Å². The third-order valence-corrected chi connectivity index (χ3v) is 6.41. The van der Waals surface area contributed by atoms with Crippen molar-refractivity contribution in [2.24, 2.45) is 0 Å². The van der Waals surface area contributed by atoms with E-state index in [1.54, 1.807) is 37.4 Å². The lowest BCUT2D eigenvalue weighted by molar-refractivity contribution is 0.120. The molecule has 1 aliphatic heterocycles. The fourth-order valence-corrected chi connectivity index (χ4v) is 4.55. The average molecular weight is 414 g/mol. The smallest absolute Gasteiger partial charge is 0.236 e. The Morgan fingerprint density at radius 2 is 1.72 bits per heavy atom. The van der Waals surface area contributed by atoms with Crippen LogP contribution >= 0.6 is 0 Å². The molecule has 4 rings (SSSR count). The molecular formula is C21H22N2O5S. The van der Waals surface area contributed by atoms with E-state index >= 15 is 0 Å². The molecule has 2 aromatic carbocycles. The zero-order valence-corrected chi connectivity index (χ0v) is 16.9. The van der Waals surface area contributed by atoms with Gasteiger partial charge in [0.15, 0.2) is 0 Å². The Balaban J connectivity index is 1.72. The summed E-state index contributed by atoms with van der Waals surface area (Å²) in [7, 11) is -2.20. The van der Waals surface area contributed by atoms with E-state index in [1.807, 2.05) is 29.2 Å². The second-order valence-corrected chi connectivity index (χ2v) is 8.52. The number of sulfone groups is 1. The van der Waals surface area contributed by atoms with Crippen LogP contribution in [0.1, 0.15) is 11.5 Å².